The van der Waals surface area contributed by atoms with Crippen LogP contribution in [-0.2, 0) is 4.74 Å². The minimum atomic E-state index is -0.188. The number of benzene rings is 2. The molecule has 1 aliphatic rings. The zero-order valence-electron chi connectivity index (χ0n) is 12.8. The number of carbonyl (C=O) groups is 1. The molecule has 0 aliphatic carbocycles. The van der Waals surface area contributed by atoms with Crippen LogP contribution in [0.4, 0.5) is 0 Å². The first-order chi connectivity index (χ1) is 11.1. The summed E-state index contributed by atoms with van der Waals surface area (Å²) in [5, 5.41) is 1.01. The van der Waals surface area contributed by atoms with Crippen LogP contribution in [0.3, 0.4) is 0 Å². The minimum absolute atomic E-state index is 0.0384. The zero-order chi connectivity index (χ0) is 16.4. The van der Waals surface area contributed by atoms with Crippen LogP contribution in [0.5, 0.6) is 0 Å². The highest BCUT2D eigenvalue weighted by Crippen LogP contribution is 2.29. The van der Waals surface area contributed by atoms with Crippen LogP contribution < -0.4 is 0 Å². The molecule has 0 unspecified atom stereocenters. The number of amides is 1. The van der Waals surface area contributed by atoms with Crippen LogP contribution in [-0.4, -0.2) is 30.5 Å². The third-order valence-corrected chi connectivity index (χ3v) is 4.78. The highest BCUT2D eigenvalue weighted by Gasteiger charge is 2.27. The first-order valence-electron chi connectivity index (χ1n) is 7.47. The van der Waals surface area contributed by atoms with E-state index in [1.54, 1.807) is 12.1 Å². The standard InChI is InChI=1S/C18H17Cl2NO2/c1-12-4-2-3-5-14(12)18(22)21-8-9-23-17(11-21)13-6-7-15(19)16(20)10-13/h2-7,10,17H,8-9,11H2,1H3/t17-/m1/s1. The van der Waals surface area contributed by atoms with E-state index in [0.717, 1.165) is 16.7 Å². The molecule has 3 nitrogen and oxygen atoms in total. The summed E-state index contributed by atoms with van der Waals surface area (Å²) in [6, 6.07) is 13.1. The van der Waals surface area contributed by atoms with Gasteiger partial charge >= 0.3 is 0 Å². The molecule has 0 aromatic heterocycles. The van der Waals surface area contributed by atoms with Crippen molar-refractivity contribution in [3.05, 3.63) is 69.2 Å². The molecule has 1 atom stereocenters. The molecular formula is C18H17Cl2NO2. The first kappa shape index (κ1) is 16.3. The second kappa shape index (κ2) is 6.91. The molecule has 23 heavy (non-hydrogen) atoms. The Bertz CT molecular complexity index is 733. The summed E-state index contributed by atoms with van der Waals surface area (Å²) in [4.78, 5) is 14.6. The molecule has 5 heteroatoms. The molecule has 3 rings (SSSR count). The Labute approximate surface area is 145 Å². The molecule has 1 saturated heterocycles. The highest BCUT2D eigenvalue weighted by atomic mass is 35.5. The molecule has 0 bridgehead atoms. The lowest BCUT2D eigenvalue weighted by Crippen LogP contribution is -2.42. The molecule has 120 valence electrons. The van der Waals surface area contributed by atoms with Gasteiger partial charge in [0.15, 0.2) is 0 Å². The summed E-state index contributed by atoms with van der Waals surface area (Å²) in [5.41, 5.74) is 2.65. The summed E-state index contributed by atoms with van der Waals surface area (Å²) in [6.07, 6.45) is -0.188. The fourth-order valence-corrected chi connectivity index (χ4v) is 3.04. The first-order valence-corrected chi connectivity index (χ1v) is 8.23. The molecule has 1 aliphatic heterocycles. The molecule has 1 heterocycles. The maximum absolute atomic E-state index is 12.7. The second-order valence-corrected chi connectivity index (χ2v) is 6.41. The Morgan fingerprint density at radius 2 is 1.96 bits per heavy atom. The molecule has 0 radical (unpaired) electrons. The second-order valence-electron chi connectivity index (χ2n) is 5.60. The monoisotopic (exact) mass is 349 g/mol. The Hall–Kier alpha value is -1.55. The van der Waals surface area contributed by atoms with E-state index in [2.05, 4.69) is 0 Å². The van der Waals surface area contributed by atoms with Crippen molar-refractivity contribution in [1.82, 2.24) is 4.90 Å². The van der Waals surface area contributed by atoms with E-state index < -0.39 is 0 Å². The summed E-state index contributed by atoms with van der Waals surface area (Å²) in [5.74, 6) is 0.0384. The average molecular weight is 350 g/mol. The van der Waals surface area contributed by atoms with Crippen LogP contribution in [0.15, 0.2) is 42.5 Å². The predicted molar refractivity (Wildman–Crippen MR) is 92.2 cm³/mol. The summed E-state index contributed by atoms with van der Waals surface area (Å²) in [6.45, 7) is 3.54. The third kappa shape index (κ3) is 3.52. The number of rotatable bonds is 2. The third-order valence-electron chi connectivity index (χ3n) is 4.04. The maximum atomic E-state index is 12.7. The normalized spacial score (nSPS) is 18.0. The van der Waals surface area contributed by atoms with Crippen LogP contribution in [0, 0.1) is 6.92 Å². The molecule has 0 spiro atoms. The van der Waals surface area contributed by atoms with Gasteiger partial charge in [-0.3, -0.25) is 4.79 Å². The van der Waals surface area contributed by atoms with E-state index in [4.69, 9.17) is 27.9 Å². The zero-order valence-corrected chi connectivity index (χ0v) is 14.3. The van der Waals surface area contributed by atoms with Gasteiger partial charge in [-0.05, 0) is 36.2 Å². The van der Waals surface area contributed by atoms with E-state index >= 15 is 0 Å². The summed E-state index contributed by atoms with van der Waals surface area (Å²) in [7, 11) is 0. The van der Waals surface area contributed by atoms with E-state index in [1.807, 2.05) is 42.2 Å². The van der Waals surface area contributed by atoms with Gasteiger partial charge in [0.25, 0.3) is 5.91 Å². The number of carbonyl (C=O) groups excluding carboxylic acids is 1. The number of hydrogen-bond acceptors (Lipinski definition) is 2. The lowest BCUT2D eigenvalue weighted by Gasteiger charge is -2.33. The maximum Gasteiger partial charge on any atom is 0.254 e. The van der Waals surface area contributed by atoms with Crippen molar-refractivity contribution in [3.63, 3.8) is 0 Å². The van der Waals surface area contributed by atoms with E-state index in [9.17, 15) is 4.79 Å². The van der Waals surface area contributed by atoms with Gasteiger partial charge in [-0.2, -0.15) is 0 Å². The number of nitrogens with zero attached hydrogens (tertiary/aromatic N) is 1. The predicted octanol–water partition coefficient (Wildman–Crippen LogP) is 4.52. The largest absolute Gasteiger partial charge is 0.370 e. The fourth-order valence-electron chi connectivity index (χ4n) is 2.73. The highest BCUT2D eigenvalue weighted by molar-refractivity contribution is 6.42. The molecule has 2 aromatic carbocycles. The van der Waals surface area contributed by atoms with Crippen LogP contribution >= 0.6 is 23.2 Å². The van der Waals surface area contributed by atoms with Crippen LogP contribution in [0.2, 0.25) is 10.0 Å². The average Bonchev–Trinajstić information content (AvgIpc) is 2.57. The van der Waals surface area contributed by atoms with Crippen molar-refractivity contribution in [2.24, 2.45) is 0 Å². The molecule has 1 amide bonds. The number of aryl methyl sites for hydroxylation is 1. The van der Waals surface area contributed by atoms with Crippen LogP contribution in [0.25, 0.3) is 0 Å². The molecule has 1 fully saturated rings. The van der Waals surface area contributed by atoms with E-state index in [-0.39, 0.29) is 12.0 Å². The topological polar surface area (TPSA) is 29.5 Å². The molecule has 0 N–H and O–H groups in total. The summed E-state index contributed by atoms with van der Waals surface area (Å²) >= 11 is 12.0. The number of hydrogen-bond donors (Lipinski definition) is 0. The van der Waals surface area contributed by atoms with E-state index in [1.165, 1.54) is 0 Å². The summed E-state index contributed by atoms with van der Waals surface area (Å²) < 4.78 is 5.81. The van der Waals surface area contributed by atoms with Gasteiger partial charge in [-0.15, -0.1) is 0 Å². The van der Waals surface area contributed by atoms with Crippen molar-refractivity contribution in [1.29, 1.82) is 0 Å². The smallest absolute Gasteiger partial charge is 0.254 e. The molecular weight excluding hydrogens is 333 g/mol. The van der Waals surface area contributed by atoms with Crippen molar-refractivity contribution < 1.29 is 9.53 Å². The van der Waals surface area contributed by atoms with Gasteiger partial charge in [0.05, 0.1) is 23.2 Å². The lowest BCUT2D eigenvalue weighted by molar-refractivity contribution is -0.0228. The Morgan fingerprint density at radius 3 is 2.70 bits per heavy atom. The Morgan fingerprint density at radius 1 is 1.17 bits per heavy atom. The van der Waals surface area contributed by atoms with Crippen LogP contribution in [0.1, 0.15) is 27.6 Å². The molecule has 0 saturated carbocycles. The Balaban J connectivity index is 1.79. The van der Waals surface area contributed by atoms with Gasteiger partial charge in [-0.1, -0.05) is 47.5 Å². The van der Waals surface area contributed by atoms with E-state index in [0.29, 0.717) is 29.7 Å². The number of ether oxygens (including phenoxy) is 1. The van der Waals surface area contributed by atoms with Gasteiger partial charge in [0.1, 0.15) is 6.10 Å². The Kier molecular flexibility index (Phi) is 4.90. The number of halogens is 2. The van der Waals surface area contributed by atoms with Crippen molar-refractivity contribution >= 4 is 29.1 Å². The van der Waals surface area contributed by atoms with Gasteiger partial charge in [0.2, 0.25) is 0 Å². The minimum Gasteiger partial charge on any atom is -0.370 e. The van der Waals surface area contributed by atoms with Gasteiger partial charge < -0.3 is 9.64 Å². The SMILES string of the molecule is Cc1ccccc1C(=O)N1CCO[C@@H](c2ccc(Cl)c(Cl)c2)C1. The number of morpholine rings is 1. The lowest BCUT2D eigenvalue weighted by atomic mass is 10.0. The molecule has 2 aromatic rings. The quantitative estimate of drug-likeness (QED) is 0.797. The van der Waals surface area contributed by atoms with Crippen molar-refractivity contribution in [2.45, 2.75) is 13.0 Å². The fraction of sp³-hybridized carbons (Fsp3) is 0.278. The van der Waals surface area contributed by atoms with Gasteiger partial charge in [-0.25, -0.2) is 0 Å². The van der Waals surface area contributed by atoms with Crippen molar-refractivity contribution in [3.8, 4) is 0 Å². The van der Waals surface area contributed by atoms with Crippen molar-refractivity contribution in [2.75, 3.05) is 19.7 Å². The van der Waals surface area contributed by atoms with Gasteiger partial charge in [0, 0.05) is 12.1 Å².